The van der Waals surface area contributed by atoms with Crippen molar-refractivity contribution in [2.24, 2.45) is 0 Å². The van der Waals surface area contributed by atoms with E-state index in [2.05, 4.69) is 10.6 Å². The molecule has 0 radical (unpaired) electrons. The van der Waals surface area contributed by atoms with Gasteiger partial charge in [0.15, 0.2) is 0 Å². The fourth-order valence-electron chi connectivity index (χ4n) is 2.23. The second-order valence-electron chi connectivity index (χ2n) is 5.11. The van der Waals surface area contributed by atoms with Crippen LogP contribution in [0.25, 0.3) is 0 Å². The Hall–Kier alpha value is -2.40. The summed E-state index contributed by atoms with van der Waals surface area (Å²) < 4.78 is 18.7. The topological polar surface area (TPSA) is 50.4 Å². The lowest BCUT2D eigenvalue weighted by molar-refractivity contribution is -0.120. The lowest BCUT2D eigenvalue weighted by Crippen LogP contribution is -2.34. The van der Waals surface area contributed by atoms with Crippen LogP contribution in [-0.4, -0.2) is 26.1 Å². The predicted octanol–water partition coefficient (Wildman–Crippen LogP) is 2.28. The van der Waals surface area contributed by atoms with Crippen LogP contribution in [-0.2, 0) is 17.8 Å². The van der Waals surface area contributed by atoms with Gasteiger partial charge in [0.2, 0.25) is 5.91 Å². The van der Waals surface area contributed by atoms with Gasteiger partial charge in [-0.05, 0) is 30.7 Å². The molecule has 0 saturated carbocycles. The Kier molecular flexibility index (Phi) is 6.56. The monoisotopic (exact) mass is 316 g/mol. The second-order valence-corrected chi connectivity index (χ2v) is 5.11. The van der Waals surface area contributed by atoms with Gasteiger partial charge in [0, 0.05) is 12.1 Å². The van der Waals surface area contributed by atoms with Crippen LogP contribution < -0.4 is 15.4 Å². The molecule has 122 valence electrons. The molecule has 23 heavy (non-hydrogen) atoms. The molecule has 2 aromatic carbocycles. The van der Waals surface area contributed by atoms with Crippen LogP contribution in [0.3, 0.4) is 0 Å². The van der Waals surface area contributed by atoms with Gasteiger partial charge < -0.3 is 15.4 Å². The van der Waals surface area contributed by atoms with Crippen LogP contribution in [0, 0.1) is 5.82 Å². The lowest BCUT2D eigenvalue weighted by atomic mass is 10.1. The molecule has 0 aliphatic carbocycles. The van der Waals surface area contributed by atoms with E-state index in [-0.39, 0.29) is 18.3 Å². The van der Waals surface area contributed by atoms with Gasteiger partial charge in [-0.3, -0.25) is 4.79 Å². The van der Waals surface area contributed by atoms with Crippen molar-refractivity contribution in [2.75, 3.05) is 20.2 Å². The number of rotatable bonds is 8. The Morgan fingerprint density at radius 3 is 2.52 bits per heavy atom. The highest BCUT2D eigenvalue weighted by Gasteiger charge is 2.05. The first kappa shape index (κ1) is 17.0. The molecule has 0 saturated heterocycles. The molecule has 0 aromatic heterocycles. The number of carbonyl (C=O) groups is 1. The number of nitrogens with one attached hydrogen (secondary N) is 2. The largest absolute Gasteiger partial charge is 0.496 e. The summed E-state index contributed by atoms with van der Waals surface area (Å²) in [5.41, 5.74) is 1.57. The van der Waals surface area contributed by atoms with Gasteiger partial charge in [-0.2, -0.15) is 0 Å². The van der Waals surface area contributed by atoms with Crippen molar-refractivity contribution in [3.8, 4) is 5.75 Å². The van der Waals surface area contributed by atoms with Crippen molar-refractivity contribution >= 4 is 5.91 Å². The number of ether oxygens (including phenoxy) is 1. The first-order chi connectivity index (χ1) is 11.2. The smallest absolute Gasteiger partial charge is 0.234 e. The molecule has 4 nitrogen and oxygen atoms in total. The molecule has 2 N–H and O–H groups in total. The molecule has 0 spiro atoms. The fraction of sp³-hybridized carbons (Fsp3) is 0.278. The van der Waals surface area contributed by atoms with E-state index < -0.39 is 0 Å². The third kappa shape index (κ3) is 5.38. The molecule has 2 rings (SSSR count). The highest BCUT2D eigenvalue weighted by atomic mass is 19.1. The zero-order valence-corrected chi connectivity index (χ0v) is 13.1. The Morgan fingerprint density at radius 1 is 1.09 bits per heavy atom. The van der Waals surface area contributed by atoms with Gasteiger partial charge in [-0.1, -0.05) is 36.4 Å². The van der Waals surface area contributed by atoms with Crippen LogP contribution in [0.4, 0.5) is 4.39 Å². The maximum absolute atomic E-state index is 13.4. The molecule has 1 amide bonds. The summed E-state index contributed by atoms with van der Waals surface area (Å²) in [6.45, 7) is 1.16. The van der Waals surface area contributed by atoms with E-state index in [1.54, 1.807) is 25.3 Å². The maximum atomic E-state index is 13.4. The van der Waals surface area contributed by atoms with Gasteiger partial charge >= 0.3 is 0 Å². The third-order valence-electron chi connectivity index (χ3n) is 3.48. The van der Waals surface area contributed by atoms with Gasteiger partial charge in [0.25, 0.3) is 0 Å². The highest BCUT2D eigenvalue weighted by molar-refractivity contribution is 5.78. The van der Waals surface area contributed by atoms with Crippen molar-refractivity contribution < 1.29 is 13.9 Å². The first-order valence-corrected chi connectivity index (χ1v) is 7.53. The van der Waals surface area contributed by atoms with E-state index >= 15 is 0 Å². The Bertz CT molecular complexity index is 646. The minimum Gasteiger partial charge on any atom is -0.496 e. The summed E-state index contributed by atoms with van der Waals surface area (Å²) in [6.07, 6.45) is 0.548. The van der Waals surface area contributed by atoms with Crippen molar-refractivity contribution in [3.05, 3.63) is 65.5 Å². The SMILES string of the molecule is COc1ccccc1CNC(=O)CNCCc1ccccc1F. The van der Waals surface area contributed by atoms with Crippen molar-refractivity contribution in [1.82, 2.24) is 10.6 Å². The van der Waals surface area contributed by atoms with Crippen molar-refractivity contribution in [2.45, 2.75) is 13.0 Å². The van der Waals surface area contributed by atoms with E-state index in [0.29, 0.717) is 25.1 Å². The number of halogens is 1. The second kappa shape index (κ2) is 8.90. The number of methoxy groups -OCH3 is 1. The van der Waals surface area contributed by atoms with Crippen molar-refractivity contribution in [3.63, 3.8) is 0 Å². The van der Waals surface area contributed by atoms with Crippen LogP contribution in [0.15, 0.2) is 48.5 Å². The van der Waals surface area contributed by atoms with Crippen LogP contribution >= 0.6 is 0 Å². The van der Waals surface area contributed by atoms with E-state index in [0.717, 1.165) is 11.3 Å². The normalized spacial score (nSPS) is 10.3. The van der Waals surface area contributed by atoms with Crippen LogP contribution in [0.1, 0.15) is 11.1 Å². The van der Waals surface area contributed by atoms with E-state index in [1.165, 1.54) is 6.07 Å². The standard InChI is InChI=1S/C18H21FN2O2/c1-23-17-9-5-3-7-15(17)12-21-18(22)13-20-11-10-14-6-2-4-8-16(14)19/h2-9,20H,10-13H2,1H3,(H,21,22). The molecule has 0 heterocycles. The van der Waals surface area contributed by atoms with Crippen LogP contribution in [0.5, 0.6) is 5.75 Å². The van der Waals surface area contributed by atoms with E-state index in [4.69, 9.17) is 4.74 Å². The average molecular weight is 316 g/mol. The van der Waals surface area contributed by atoms with Gasteiger partial charge in [-0.15, -0.1) is 0 Å². The minimum absolute atomic E-state index is 0.107. The predicted molar refractivity (Wildman–Crippen MR) is 87.8 cm³/mol. The maximum Gasteiger partial charge on any atom is 0.234 e. The first-order valence-electron chi connectivity index (χ1n) is 7.53. The van der Waals surface area contributed by atoms with Gasteiger partial charge in [0.05, 0.1) is 13.7 Å². The summed E-state index contributed by atoms with van der Waals surface area (Å²) in [4.78, 5) is 11.8. The van der Waals surface area contributed by atoms with Crippen LogP contribution in [0.2, 0.25) is 0 Å². The number of benzene rings is 2. The molecule has 0 bridgehead atoms. The van der Waals surface area contributed by atoms with E-state index in [9.17, 15) is 9.18 Å². The van der Waals surface area contributed by atoms with Gasteiger partial charge in [-0.25, -0.2) is 4.39 Å². The summed E-state index contributed by atoms with van der Waals surface area (Å²) in [5.74, 6) is 0.430. The number of para-hydroxylation sites is 1. The van der Waals surface area contributed by atoms with Gasteiger partial charge in [0.1, 0.15) is 11.6 Å². The Labute approximate surface area is 135 Å². The summed E-state index contributed by atoms with van der Waals surface area (Å²) in [5, 5.41) is 5.84. The highest BCUT2D eigenvalue weighted by Crippen LogP contribution is 2.16. The third-order valence-corrected chi connectivity index (χ3v) is 3.48. The lowest BCUT2D eigenvalue weighted by Gasteiger charge is -2.10. The number of hydrogen-bond acceptors (Lipinski definition) is 3. The molecule has 2 aromatic rings. The Balaban J connectivity index is 1.68. The molecule has 5 heteroatoms. The molecule has 0 unspecified atom stereocenters. The molecular weight excluding hydrogens is 295 g/mol. The summed E-state index contributed by atoms with van der Waals surface area (Å²) >= 11 is 0. The number of amides is 1. The summed E-state index contributed by atoms with van der Waals surface area (Å²) in [6, 6.07) is 14.2. The fourth-order valence-corrected chi connectivity index (χ4v) is 2.23. The minimum atomic E-state index is -0.213. The van der Waals surface area contributed by atoms with E-state index in [1.807, 2.05) is 24.3 Å². The molecule has 0 aliphatic rings. The number of hydrogen-bond donors (Lipinski definition) is 2. The molecule has 0 aliphatic heterocycles. The molecule has 0 atom stereocenters. The quantitative estimate of drug-likeness (QED) is 0.735. The Morgan fingerprint density at radius 2 is 1.78 bits per heavy atom. The zero-order valence-electron chi connectivity index (χ0n) is 13.1. The average Bonchev–Trinajstić information content (AvgIpc) is 2.58. The van der Waals surface area contributed by atoms with Crippen molar-refractivity contribution in [1.29, 1.82) is 0 Å². The molecule has 0 fully saturated rings. The zero-order chi connectivity index (χ0) is 16.5. The molecular formula is C18H21FN2O2. The summed E-state index contributed by atoms with van der Waals surface area (Å²) in [7, 11) is 1.60. The number of carbonyl (C=O) groups excluding carboxylic acids is 1.